The molecule has 0 unspecified atom stereocenters. The molecule has 192 valence electrons. The van der Waals surface area contributed by atoms with Crippen LogP contribution in [0.2, 0.25) is 12.1 Å². The average Bonchev–Trinajstić information content (AvgIpc) is 2.74. The summed E-state index contributed by atoms with van der Waals surface area (Å²) in [6.07, 6.45) is 3.46. The van der Waals surface area contributed by atoms with Gasteiger partial charge in [-0.25, -0.2) is 4.79 Å². The zero-order chi connectivity index (χ0) is 24.1. The molecule has 0 aromatic heterocycles. The lowest BCUT2D eigenvalue weighted by molar-refractivity contribution is 0.0699. The lowest BCUT2D eigenvalue weighted by atomic mass is 10.3. The molecule has 0 heterocycles. The summed E-state index contributed by atoms with van der Waals surface area (Å²) >= 11 is 0. The minimum absolute atomic E-state index is 0.143. The Kier molecular flexibility index (Phi) is 19.6. The number of nitrogens with one attached hydrogen (secondary N) is 2. The quantitative estimate of drug-likeness (QED) is 0.173. The maximum atomic E-state index is 12.0. The van der Waals surface area contributed by atoms with Crippen molar-refractivity contribution in [2.75, 3.05) is 52.7 Å². The van der Waals surface area contributed by atoms with Gasteiger partial charge in [-0.15, -0.1) is 0 Å². The van der Waals surface area contributed by atoms with Gasteiger partial charge in [0.05, 0.1) is 0 Å². The van der Waals surface area contributed by atoms with Gasteiger partial charge in [0.25, 0.3) is 0 Å². The fraction of sp³-hybridized carbons (Fsp3) is 0.952. The number of urea groups is 1. The van der Waals surface area contributed by atoms with E-state index in [1.54, 1.807) is 0 Å². The van der Waals surface area contributed by atoms with Gasteiger partial charge in [0.15, 0.2) is 0 Å². The summed E-state index contributed by atoms with van der Waals surface area (Å²) in [6.45, 7) is 16.4. The van der Waals surface area contributed by atoms with Crippen LogP contribution in [0.4, 0.5) is 4.79 Å². The van der Waals surface area contributed by atoms with Crippen molar-refractivity contribution in [1.29, 1.82) is 0 Å². The van der Waals surface area contributed by atoms with E-state index in [0.717, 1.165) is 37.8 Å². The summed E-state index contributed by atoms with van der Waals surface area (Å²) in [4.78, 5) is 12.0. The largest absolute Gasteiger partial charge is 0.500 e. The van der Waals surface area contributed by atoms with Crippen LogP contribution in [0, 0.1) is 0 Å². The Morgan fingerprint density at radius 3 is 1.06 bits per heavy atom. The van der Waals surface area contributed by atoms with Gasteiger partial charge in [-0.1, -0.05) is 0 Å². The molecule has 0 spiro atoms. The molecule has 0 aromatic carbocycles. The van der Waals surface area contributed by atoms with Crippen molar-refractivity contribution in [2.24, 2.45) is 0 Å². The molecule has 9 nitrogen and oxygen atoms in total. The number of carbonyl (C=O) groups is 1. The minimum atomic E-state index is -2.59. The van der Waals surface area contributed by atoms with E-state index in [2.05, 4.69) is 10.6 Å². The van der Waals surface area contributed by atoms with Crippen LogP contribution in [0.25, 0.3) is 0 Å². The van der Waals surface area contributed by atoms with Crippen LogP contribution in [-0.4, -0.2) is 76.4 Å². The highest BCUT2D eigenvalue weighted by Gasteiger charge is 2.40. The smallest absolute Gasteiger partial charge is 0.374 e. The molecule has 0 bridgehead atoms. The SMILES string of the molecule is CCO[Si](CCCCNC(=O)NCCCC[Si](OCC)(OCC)OCC)(OCC)OCC. The first kappa shape index (κ1) is 31.5. The van der Waals surface area contributed by atoms with Crippen LogP contribution in [0.5, 0.6) is 0 Å². The number of hydrogen-bond donors (Lipinski definition) is 2. The maximum Gasteiger partial charge on any atom is 0.500 e. The summed E-state index contributed by atoms with van der Waals surface area (Å²) in [7, 11) is -5.18. The van der Waals surface area contributed by atoms with Crippen molar-refractivity contribution < 1.29 is 31.4 Å². The van der Waals surface area contributed by atoms with E-state index in [1.807, 2.05) is 41.5 Å². The minimum Gasteiger partial charge on any atom is -0.374 e. The Bertz CT molecular complexity index is 390. The molecular formula is C21H48N2O7Si2. The molecule has 0 aliphatic rings. The Morgan fingerprint density at radius 2 is 0.812 bits per heavy atom. The number of unbranched alkanes of at least 4 members (excludes halogenated alkanes) is 2. The average molecular weight is 497 g/mol. The second-order valence-electron chi connectivity index (χ2n) is 7.06. The highest BCUT2D eigenvalue weighted by molar-refractivity contribution is 6.61. The van der Waals surface area contributed by atoms with Crippen LogP contribution >= 0.6 is 0 Å². The first-order valence-corrected chi connectivity index (χ1v) is 16.2. The third kappa shape index (κ3) is 13.9. The third-order valence-electron chi connectivity index (χ3n) is 4.58. The van der Waals surface area contributed by atoms with E-state index in [-0.39, 0.29) is 6.03 Å². The lowest BCUT2D eigenvalue weighted by Crippen LogP contribution is -2.46. The summed E-state index contributed by atoms with van der Waals surface area (Å²) in [6, 6.07) is 1.38. The summed E-state index contributed by atoms with van der Waals surface area (Å²) in [5.41, 5.74) is 0. The summed E-state index contributed by atoms with van der Waals surface area (Å²) in [5.74, 6) is 0. The zero-order valence-electron chi connectivity index (χ0n) is 21.3. The topological polar surface area (TPSA) is 96.5 Å². The van der Waals surface area contributed by atoms with Gasteiger partial charge in [-0.3, -0.25) is 0 Å². The van der Waals surface area contributed by atoms with Gasteiger partial charge in [-0.2, -0.15) is 0 Å². The first-order chi connectivity index (χ1) is 15.5. The van der Waals surface area contributed by atoms with Crippen LogP contribution in [-0.2, 0) is 26.6 Å². The van der Waals surface area contributed by atoms with E-state index in [0.29, 0.717) is 52.7 Å². The highest BCUT2D eigenvalue weighted by Crippen LogP contribution is 2.20. The van der Waals surface area contributed by atoms with E-state index in [9.17, 15) is 4.79 Å². The molecule has 0 aromatic rings. The molecular weight excluding hydrogens is 448 g/mol. The fourth-order valence-electron chi connectivity index (χ4n) is 3.40. The second kappa shape index (κ2) is 19.9. The van der Waals surface area contributed by atoms with Gasteiger partial charge < -0.3 is 37.2 Å². The molecule has 0 rings (SSSR count). The number of hydrogen-bond acceptors (Lipinski definition) is 7. The van der Waals surface area contributed by atoms with Crippen LogP contribution in [0.1, 0.15) is 67.2 Å². The predicted molar refractivity (Wildman–Crippen MR) is 131 cm³/mol. The van der Waals surface area contributed by atoms with Crippen LogP contribution in [0.3, 0.4) is 0 Å². The van der Waals surface area contributed by atoms with Crippen molar-refractivity contribution in [3.63, 3.8) is 0 Å². The molecule has 32 heavy (non-hydrogen) atoms. The van der Waals surface area contributed by atoms with E-state index >= 15 is 0 Å². The third-order valence-corrected chi connectivity index (χ3v) is 10.9. The molecule has 0 radical (unpaired) electrons. The Balaban J connectivity index is 4.10. The molecule has 0 atom stereocenters. The summed E-state index contributed by atoms with van der Waals surface area (Å²) in [5, 5.41) is 5.82. The molecule has 0 saturated carbocycles. The van der Waals surface area contributed by atoms with Gasteiger partial charge in [0.1, 0.15) is 0 Å². The van der Waals surface area contributed by atoms with Crippen LogP contribution < -0.4 is 10.6 Å². The molecule has 2 N–H and O–H groups in total. The Morgan fingerprint density at radius 1 is 0.531 bits per heavy atom. The van der Waals surface area contributed by atoms with Gasteiger partial charge in [0, 0.05) is 64.8 Å². The number of carbonyl (C=O) groups excluding carboxylic acids is 1. The van der Waals surface area contributed by atoms with E-state index in [1.165, 1.54) is 0 Å². The highest BCUT2D eigenvalue weighted by atomic mass is 28.4. The Labute approximate surface area is 197 Å². The zero-order valence-corrected chi connectivity index (χ0v) is 23.3. The number of amides is 2. The molecule has 0 aliphatic carbocycles. The summed E-state index contributed by atoms with van der Waals surface area (Å²) < 4.78 is 35.1. The molecule has 2 amide bonds. The Hall–Kier alpha value is -0.536. The molecule has 0 aliphatic heterocycles. The maximum absolute atomic E-state index is 12.0. The van der Waals surface area contributed by atoms with Crippen LogP contribution in [0.15, 0.2) is 0 Å². The molecule has 0 saturated heterocycles. The van der Waals surface area contributed by atoms with Gasteiger partial charge >= 0.3 is 23.6 Å². The molecule has 0 fully saturated rings. The monoisotopic (exact) mass is 496 g/mol. The second-order valence-corrected chi connectivity index (χ2v) is 12.5. The van der Waals surface area contributed by atoms with Gasteiger partial charge in [-0.05, 0) is 67.2 Å². The van der Waals surface area contributed by atoms with Crippen molar-refractivity contribution in [3.8, 4) is 0 Å². The van der Waals surface area contributed by atoms with Crippen molar-refractivity contribution in [2.45, 2.75) is 79.3 Å². The van der Waals surface area contributed by atoms with Crippen molar-refractivity contribution >= 4 is 23.6 Å². The van der Waals surface area contributed by atoms with Crippen molar-refractivity contribution in [3.05, 3.63) is 0 Å². The normalized spacial score (nSPS) is 12.2. The lowest BCUT2D eigenvalue weighted by Gasteiger charge is -2.28. The van der Waals surface area contributed by atoms with E-state index < -0.39 is 17.6 Å². The first-order valence-electron chi connectivity index (χ1n) is 12.3. The van der Waals surface area contributed by atoms with Crippen molar-refractivity contribution in [1.82, 2.24) is 10.6 Å². The standard InChI is InChI=1S/C21H48N2O7Si2/c1-7-25-31(26-8-2,27-9-3)19-15-13-17-22-21(24)23-18-14-16-20-32(28-10-4,29-11-5)30-12-6/h7-20H2,1-6H3,(H2,22,23,24). The molecule has 11 heteroatoms. The van der Waals surface area contributed by atoms with Gasteiger partial charge in [0.2, 0.25) is 0 Å². The predicted octanol–water partition coefficient (Wildman–Crippen LogP) is 3.94. The van der Waals surface area contributed by atoms with E-state index in [4.69, 9.17) is 26.6 Å². The number of rotatable bonds is 22. The fourth-order valence-corrected chi connectivity index (χ4v) is 8.77.